The highest BCUT2D eigenvalue weighted by Crippen LogP contribution is 2.07. The van der Waals surface area contributed by atoms with Crippen LogP contribution in [0.15, 0.2) is 30.5 Å². The number of nitrogens with one attached hydrogen (secondary N) is 1. The molecular weight excluding hydrogens is 321 g/mol. The maximum atomic E-state index is 12.9. The Morgan fingerprint density at radius 2 is 1.91 bits per heavy atom. The van der Waals surface area contributed by atoms with Gasteiger partial charge >= 0.3 is 0 Å². The summed E-state index contributed by atoms with van der Waals surface area (Å²) in [5, 5.41) is 11.4. The number of morpholine rings is 1. The molecule has 0 spiro atoms. The van der Waals surface area contributed by atoms with Gasteiger partial charge in [-0.3, -0.25) is 4.90 Å². The van der Waals surface area contributed by atoms with Crippen LogP contribution in [0.1, 0.15) is 5.56 Å². The van der Waals surface area contributed by atoms with Gasteiger partial charge in [-0.05, 0) is 17.7 Å². The number of ether oxygens (including phenoxy) is 1. The summed E-state index contributed by atoms with van der Waals surface area (Å²) in [7, 11) is 0. The summed E-state index contributed by atoms with van der Waals surface area (Å²) in [5.74, 6) is 0.531. The Bertz CT molecular complexity index is 586. The molecule has 0 saturated carbocycles. The van der Waals surface area contributed by atoms with Crippen molar-refractivity contribution in [1.29, 1.82) is 0 Å². The quantitative estimate of drug-likeness (QED) is 0.865. The fourth-order valence-electron chi connectivity index (χ4n) is 2.40. The second-order valence-corrected chi connectivity index (χ2v) is 5.31. The van der Waals surface area contributed by atoms with E-state index in [2.05, 4.69) is 20.5 Å². The smallest absolute Gasteiger partial charge is 0.168 e. The van der Waals surface area contributed by atoms with Crippen molar-refractivity contribution in [3.05, 3.63) is 41.8 Å². The molecule has 0 radical (unpaired) electrons. The van der Waals surface area contributed by atoms with Crippen LogP contribution in [0.3, 0.4) is 0 Å². The normalized spacial score (nSPS) is 15.2. The lowest BCUT2D eigenvalue weighted by Gasteiger charge is -2.26. The molecule has 126 valence electrons. The van der Waals surface area contributed by atoms with Crippen molar-refractivity contribution in [3.63, 3.8) is 0 Å². The van der Waals surface area contributed by atoms with E-state index in [9.17, 15) is 4.39 Å². The van der Waals surface area contributed by atoms with E-state index in [0.29, 0.717) is 6.54 Å². The van der Waals surface area contributed by atoms with E-state index in [1.165, 1.54) is 12.1 Å². The van der Waals surface area contributed by atoms with Crippen LogP contribution in [0.25, 0.3) is 0 Å². The molecule has 1 N–H and O–H groups in total. The third-order valence-electron chi connectivity index (χ3n) is 3.63. The molecule has 1 aliphatic heterocycles. The predicted octanol–water partition coefficient (Wildman–Crippen LogP) is 1.63. The highest BCUT2D eigenvalue weighted by molar-refractivity contribution is 5.85. The van der Waals surface area contributed by atoms with E-state index < -0.39 is 0 Å². The summed E-state index contributed by atoms with van der Waals surface area (Å²) in [6.07, 6.45) is 1.86. The molecule has 1 aliphatic rings. The van der Waals surface area contributed by atoms with Crippen molar-refractivity contribution in [2.24, 2.45) is 0 Å². The lowest BCUT2D eigenvalue weighted by Crippen LogP contribution is -2.39. The van der Waals surface area contributed by atoms with Gasteiger partial charge in [-0.1, -0.05) is 17.3 Å². The highest BCUT2D eigenvalue weighted by Gasteiger charge is 2.09. The molecule has 0 unspecified atom stereocenters. The standard InChI is InChI=1S/C15H20FN5O.ClH/c16-14-3-1-13(2-4-14)11-21-12-15(18-19-21)17-5-6-20-7-9-22-10-8-20;/h1-4,12,17H,5-11H2;1H. The van der Waals surface area contributed by atoms with E-state index in [0.717, 1.165) is 50.8 Å². The van der Waals surface area contributed by atoms with E-state index >= 15 is 0 Å². The molecule has 1 aromatic carbocycles. The Labute approximate surface area is 141 Å². The molecule has 1 aromatic heterocycles. The Morgan fingerprint density at radius 3 is 2.65 bits per heavy atom. The first-order valence-electron chi connectivity index (χ1n) is 7.48. The lowest BCUT2D eigenvalue weighted by atomic mass is 10.2. The van der Waals surface area contributed by atoms with Crippen molar-refractivity contribution in [1.82, 2.24) is 19.9 Å². The van der Waals surface area contributed by atoms with Crippen LogP contribution in [0.5, 0.6) is 0 Å². The van der Waals surface area contributed by atoms with Crippen molar-refractivity contribution in [3.8, 4) is 0 Å². The van der Waals surface area contributed by atoms with Gasteiger partial charge in [-0.15, -0.1) is 17.5 Å². The fraction of sp³-hybridized carbons (Fsp3) is 0.467. The zero-order valence-corrected chi connectivity index (χ0v) is 13.6. The van der Waals surface area contributed by atoms with Crippen molar-refractivity contribution in [2.75, 3.05) is 44.7 Å². The number of anilines is 1. The zero-order valence-electron chi connectivity index (χ0n) is 12.8. The monoisotopic (exact) mass is 341 g/mol. The minimum atomic E-state index is -0.229. The third-order valence-corrected chi connectivity index (χ3v) is 3.63. The summed E-state index contributed by atoms with van der Waals surface area (Å²) in [6, 6.07) is 6.41. The maximum absolute atomic E-state index is 12.9. The van der Waals surface area contributed by atoms with Gasteiger partial charge in [0.15, 0.2) is 5.82 Å². The molecular formula is C15H21ClFN5O. The molecule has 2 aromatic rings. The highest BCUT2D eigenvalue weighted by atomic mass is 35.5. The Morgan fingerprint density at radius 1 is 1.17 bits per heavy atom. The molecule has 0 atom stereocenters. The van der Waals surface area contributed by atoms with E-state index in [1.54, 1.807) is 16.8 Å². The van der Waals surface area contributed by atoms with Crippen molar-refractivity contribution < 1.29 is 9.13 Å². The van der Waals surface area contributed by atoms with Gasteiger partial charge in [0.25, 0.3) is 0 Å². The minimum Gasteiger partial charge on any atom is -0.379 e. The molecule has 1 fully saturated rings. The summed E-state index contributed by atoms with van der Waals surface area (Å²) >= 11 is 0. The second-order valence-electron chi connectivity index (χ2n) is 5.31. The molecule has 0 bridgehead atoms. The van der Waals surface area contributed by atoms with Crippen LogP contribution in [-0.4, -0.2) is 59.3 Å². The first-order chi connectivity index (χ1) is 10.8. The molecule has 2 heterocycles. The van der Waals surface area contributed by atoms with Crippen LogP contribution < -0.4 is 5.32 Å². The largest absolute Gasteiger partial charge is 0.379 e. The van der Waals surface area contributed by atoms with Gasteiger partial charge in [-0.25, -0.2) is 9.07 Å². The summed E-state index contributed by atoms with van der Waals surface area (Å²) < 4.78 is 19.9. The summed E-state index contributed by atoms with van der Waals surface area (Å²) in [5.41, 5.74) is 0.992. The van der Waals surface area contributed by atoms with Crippen molar-refractivity contribution >= 4 is 18.2 Å². The minimum absolute atomic E-state index is 0. The molecule has 0 aliphatic carbocycles. The molecule has 3 rings (SSSR count). The molecule has 8 heteroatoms. The van der Waals surface area contributed by atoms with Gasteiger partial charge in [0.1, 0.15) is 5.82 Å². The van der Waals surface area contributed by atoms with Gasteiger partial charge in [-0.2, -0.15) is 0 Å². The summed E-state index contributed by atoms with van der Waals surface area (Å²) in [6.45, 7) is 5.97. The zero-order chi connectivity index (χ0) is 15.2. The number of rotatable bonds is 6. The first-order valence-corrected chi connectivity index (χ1v) is 7.48. The fourth-order valence-corrected chi connectivity index (χ4v) is 2.40. The maximum Gasteiger partial charge on any atom is 0.168 e. The number of benzene rings is 1. The Kier molecular flexibility index (Phi) is 6.76. The lowest BCUT2D eigenvalue weighted by molar-refractivity contribution is 0.0398. The van der Waals surface area contributed by atoms with Crippen LogP contribution in [0.2, 0.25) is 0 Å². The van der Waals surface area contributed by atoms with E-state index in [4.69, 9.17) is 4.74 Å². The van der Waals surface area contributed by atoms with Crippen molar-refractivity contribution in [2.45, 2.75) is 6.54 Å². The van der Waals surface area contributed by atoms with E-state index in [1.807, 2.05) is 6.20 Å². The third kappa shape index (κ3) is 5.46. The van der Waals surface area contributed by atoms with Crippen LogP contribution in [0.4, 0.5) is 10.2 Å². The average molecular weight is 342 g/mol. The molecule has 0 amide bonds. The molecule has 6 nitrogen and oxygen atoms in total. The summed E-state index contributed by atoms with van der Waals surface area (Å²) in [4.78, 5) is 2.36. The molecule has 23 heavy (non-hydrogen) atoms. The van der Waals surface area contributed by atoms with Gasteiger partial charge in [0.2, 0.25) is 0 Å². The van der Waals surface area contributed by atoms with Gasteiger partial charge < -0.3 is 10.1 Å². The predicted molar refractivity (Wildman–Crippen MR) is 88.5 cm³/mol. The van der Waals surface area contributed by atoms with Gasteiger partial charge in [0, 0.05) is 26.2 Å². The average Bonchev–Trinajstić information content (AvgIpc) is 2.98. The van der Waals surface area contributed by atoms with Crippen LogP contribution >= 0.6 is 12.4 Å². The number of nitrogens with zero attached hydrogens (tertiary/aromatic N) is 4. The van der Waals surface area contributed by atoms with E-state index in [-0.39, 0.29) is 18.2 Å². The number of hydrogen-bond acceptors (Lipinski definition) is 5. The second kappa shape index (κ2) is 8.81. The number of hydrogen-bond donors (Lipinski definition) is 1. The number of aromatic nitrogens is 3. The van der Waals surface area contributed by atoms with Crippen LogP contribution in [-0.2, 0) is 11.3 Å². The Hall–Kier alpha value is -1.70. The van der Waals surface area contributed by atoms with Gasteiger partial charge in [0.05, 0.1) is 26.0 Å². The van der Waals surface area contributed by atoms with Crippen LogP contribution in [0, 0.1) is 5.82 Å². The molecule has 1 saturated heterocycles. The first kappa shape index (κ1) is 17.7. The topological polar surface area (TPSA) is 55.2 Å². The number of halogens is 2. The Balaban J connectivity index is 0.00000192. The SMILES string of the molecule is Cl.Fc1ccc(Cn2cc(NCCN3CCOCC3)nn2)cc1.